The van der Waals surface area contributed by atoms with Crippen molar-refractivity contribution in [2.45, 2.75) is 25.1 Å². The third-order valence-electron chi connectivity index (χ3n) is 2.67. The normalized spacial score (nSPS) is 15.2. The average Bonchev–Trinajstić information content (AvgIpc) is 3.10. The number of carbonyl (C=O) groups is 1. The van der Waals surface area contributed by atoms with Gasteiger partial charge in [0.1, 0.15) is 0 Å². The lowest BCUT2D eigenvalue weighted by atomic mass is 10.1. The van der Waals surface area contributed by atoms with E-state index in [2.05, 4.69) is 26.6 Å². The maximum Gasteiger partial charge on any atom is 0.418 e. The van der Waals surface area contributed by atoms with Gasteiger partial charge in [0, 0.05) is 16.2 Å². The smallest absolute Gasteiger partial charge is 0.376 e. The summed E-state index contributed by atoms with van der Waals surface area (Å²) in [5.74, 6) is -0.293. The van der Waals surface area contributed by atoms with Gasteiger partial charge in [0.05, 0.1) is 12.1 Å². The molecule has 0 radical (unpaired) electrons. The number of carbonyl (C=O) groups excluding carboxylic acids is 1. The lowest BCUT2D eigenvalue weighted by molar-refractivity contribution is -0.137. The molecule has 7 heteroatoms. The summed E-state index contributed by atoms with van der Waals surface area (Å²) in [4.78, 5) is 11.4. The third-order valence-corrected chi connectivity index (χ3v) is 3.16. The van der Waals surface area contributed by atoms with Gasteiger partial charge in [-0.25, -0.2) is 0 Å². The Morgan fingerprint density at radius 3 is 2.63 bits per heavy atom. The number of rotatable bonds is 4. The molecule has 0 saturated heterocycles. The molecule has 2 rings (SSSR count). The van der Waals surface area contributed by atoms with Crippen molar-refractivity contribution in [3.05, 3.63) is 28.2 Å². The summed E-state index contributed by atoms with van der Waals surface area (Å²) in [6.45, 7) is -0.165. The van der Waals surface area contributed by atoms with Gasteiger partial charge in [-0.15, -0.1) is 0 Å². The van der Waals surface area contributed by atoms with Crippen molar-refractivity contribution in [3.63, 3.8) is 0 Å². The Labute approximate surface area is 116 Å². The molecule has 104 valence electrons. The van der Waals surface area contributed by atoms with E-state index in [0.717, 1.165) is 18.9 Å². The highest BCUT2D eigenvalue weighted by molar-refractivity contribution is 9.10. The maximum absolute atomic E-state index is 12.8. The predicted octanol–water partition coefficient (Wildman–Crippen LogP) is 3.16. The summed E-state index contributed by atoms with van der Waals surface area (Å²) in [6.07, 6.45) is -2.57. The number of nitrogens with one attached hydrogen (secondary N) is 2. The van der Waals surface area contributed by atoms with Crippen molar-refractivity contribution in [2.75, 3.05) is 11.9 Å². The van der Waals surface area contributed by atoms with E-state index in [1.165, 1.54) is 12.1 Å². The van der Waals surface area contributed by atoms with Crippen LogP contribution in [0.25, 0.3) is 0 Å². The van der Waals surface area contributed by atoms with E-state index in [1.54, 1.807) is 0 Å². The number of hydrogen-bond acceptors (Lipinski definition) is 2. The van der Waals surface area contributed by atoms with Crippen LogP contribution in [0.3, 0.4) is 0 Å². The molecule has 2 N–H and O–H groups in total. The average molecular weight is 337 g/mol. The minimum Gasteiger partial charge on any atom is -0.376 e. The molecule has 1 aromatic carbocycles. The first-order valence-corrected chi connectivity index (χ1v) is 6.55. The Morgan fingerprint density at radius 2 is 2.05 bits per heavy atom. The van der Waals surface area contributed by atoms with Crippen LogP contribution in [0.15, 0.2) is 22.7 Å². The Hall–Kier alpha value is -1.24. The third kappa shape index (κ3) is 4.12. The van der Waals surface area contributed by atoms with Gasteiger partial charge in [-0.3, -0.25) is 4.79 Å². The van der Waals surface area contributed by atoms with Gasteiger partial charge in [-0.05, 0) is 31.0 Å². The molecular weight excluding hydrogens is 325 g/mol. The van der Waals surface area contributed by atoms with Gasteiger partial charge < -0.3 is 10.6 Å². The van der Waals surface area contributed by atoms with Crippen molar-refractivity contribution in [1.82, 2.24) is 5.32 Å². The molecule has 1 aromatic rings. The van der Waals surface area contributed by atoms with E-state index < -0.39 is 11.7 Å². The van der Waals surface area contributed by atoms with Gasteiger partial charge in [0.15, 0.2) is 0 Å². The van der Waals surface area contributed by atoms with Gasteiger partial charge in [-0.1, -0.05) is 15.9 Å². The van der Waals surface area contributed by atoms with Crippen LogP contribution in [0.2, 0.25) is 0 Å². The van der Waals surface area contributed by atoms with E-state index >= 15 is 0 Å². The predicted molar refractivity (Wildman–Crippen MR) is 68.8 cm³/mol. The molecule has 1 amide bonds. The van der Waals surface area contributed by atoms with Crippen molar-refractivity contribution < 1.29 is 18.0 Å². The topological polar surface area (TPSA) is 41.1 Å². The molecule has 0 aliphatic heterocycles. The number of amides is 1. The van der Waals surface area contributed by atoms with Crippen LogP contribution in [0.4, 0.5) is 18.9 Å². The van der Waals surface area contributed by atoms with E-state index in [1.807, 2.05) is 0 Å². The Bertz CT molecular complexity index is 486. The molecule has 3 nitrogen and oxygen atoms in total. The molecule has 19 heavy (non-hydrogen) atoms. The van der Waals surface area contributed by atoms with Gasteiger partial charge in [-0.2, -0.15) is 13.2 Å². The molecule has 0 heterocycles. The monoisotopic (exact) mass is 336 g/mol. The quantitative estimate of drug-likeness (QED) is 0.886. The first kappa shape index (κ1) is 14.2. The second-order valence-electron chi connectivity index (χ2n) is 4.38. The molecule has 0 bridgehead atoms. The first-order chi connectivity index (χ1) is 8.86. The van der Waals surface area contributed by atoms with Gasteiger partial charge in [0.25, 0.3) is 0 Å². The molecule has 0 atom stereocenters. The Kier molecular flexibility index (Phi) is 4.03. The van der Waals surface area contributed by atoms with Gasteiger partial charge >= 0.3 is 6.18 Å². The fraction of sp³-hybridized carbons (Fsp3) is 0.417. The zero-order chi connectivity index (χ0) is 14.0. The number of halogens is 4. The van der Waals surface area contributed by atoms with E-state index in [-0.39, 0.29) is 24.2 Å². The van der Waals surface area contributed by atoms with Crippen LogP contribution in [0.5, 0.6) is 0 Å². The van der Waals surface area contributed by atoms with Crippen LogP contribution in [-0.2, 0) is 11.0 Å². The lowest BCUT2D eigenvalue weighted by Crippen LogP contribution is -2.31. The summed E-state index contributed by atoms with van der Waals surface area (Å²) in [5.41, 5.74) is -0.886. The van der Waals surface area contributed by atoms with E-state index in [0.29, 0.717) is 4.47 Å². The molecule has 1 aliphatic carbocycles. The first-order valence-electron chi connectivity index (χ1n) is 5.76. The number of hydrogen-bond donors (Lipinski definition) is 2. The Morgan fingerprint density at radius 1 is 1.37 bits per heavy atom. The second kappa shape index (κ2) is 5.40. The van der Waals surface area contributed by atoms with Crippen molar-refractivity contribution in [3.8, 4) is 0 Å². The van der Waals surface area contributed by atoms with E-state index in [4.69, 9.17) is 0 Å². The second-order valence-corrected chi connectivity index (χ2v) is 5.30. The molecule has 0 unspecified atom stereocenters. The summed E-state index contributed by atoms with van der Waals surface area (Å²) < 4.78 is 38.8. The highest BCUT2D eigenvalue weighted by Gasteiger charge is 2.33. The van der Waals surface area contributed by atoms with Crippen LogP contribution in [-0.4, -0.2) is 18.5 Å². The Balaban J connectivity index is 2.04. The summed E-state index contributed by atoms with van der Waals surface area (Å²) in [7, 11) is 0. The minimum atomic E-state index is -4.46. The largest absolute Gasteiger partial charge is 0.418 e. The molecule has 1 saturated carbocycles. The minimum absolute atomic E-state index is 0.0957. The van der Waals surface area contributed by atoms with E-state index in [9.17, 15) is 18.0 Å². The van der Waals surface area contributed by atoms with Crippen LogP contribution >= 0.6 is 15.9 Å². The molecule has 1 fully saturated rings. The number of anilines is 1. The van der Waals surface area contributed by atoms with Crippen LogP contribution < -0.4 is 10.6 Å². The standard InChI is InChI=1S/C12H12BrF3N2O/c13-7-1-4-10(9(5-7)12(14,15)16)17-6-11(19)18-8-2-3-8/h1,4-5,8,17H,2-3,6H2,(H,18,19). The molecule has 1 aliphatic rings. The van der Waals surface area contributed by atoms with Crippen LogP contribution in [0, 0.1) is 0 Å². The highest BCUT2D eigenvalue weighted by Crippen LogP contribution is 2.36. The van der Waals surface area contributed by atoms with Gasteiger partial charge in [0.2, 0.25) is 5.91 Å². The summed E-state index contributed by atoms with van der Waals surface area (Å²) >= 11 is 3.00. The highest BCUT2D eigenvalue weighted by atomic mass is 79.9. The number of alkyl halides is 3. The van der Waals surface area contributed by atoms with Crippen molar-refractivity contribution in [1.29, 1.82) is 0 Å². The summed E-state index contributed by atoms with van der Waals surface area (Å²) in [6, 6.07) is 3.98. The maximum atomic E-state index is 12.8. The zero-order valence-corrected chi connectivity index (χ0v) is 11.4. The summed E-state index contributed by atoms with van der Waals surface area (Å²) in [5, 5.41) is 5.23. The molecular formula is C12H12BrF3N2O. The fourth-order valence-electron chi connectivity index (χ4n) is 1.59. The zero-order valence-electron chi connectivity index (χ0n) is 9.85. The van der Waals surface area contributed by atoms with Crippen molar-refractivity contribution in [2.24, 2.45) is 0 Å². The fourth-order valence-corrected chi connectivity index (χ4v) is 1.95. The van der Waals surface area contributed by atoms with Crippen molar-refractivity contribution >= 4 is 27.5 Å². The lowest BCUT2D eigenvalue weighted by Gasteiger charge is -2.14. The molecule has 0 aromatic heterocycles. The number of benzene rings is 1. The van der Waals surface area contributed by atoms with Crippen LogP contribution in [0.1, 0.15) is 18.4 Å². The molecule has 0 spiro atoms. The SMILES string of the molecule is O=C(CNc1ccc(Br)cc1C(F)(F)F)NC1CC1.